The minimum Gasteiger partial charge on any atom is -0.356 e. The summed E-state index contributed by atoms with van der Waals surface area (Å²) in [6.45, 7) is 6.65. The molecule has 0 aromatic heterocycles. The van der Waals surface area contributed by atoms with Crippen molar-refractivity contribution in [3.05, 3.63) is 65.2 Å². The molecule has 2 aliphatic heterocycles. The van der Waals surface area contributed by atoms with E-state index in [9.17, 15) is 13.2 Å². The third kappa shape index (κ3) is 6.22. The predicted molar refractivity (Wildman–Crippen MR) is 130 cm³/mol. The number of benzene rings is 2. The molecule has 0 atom stereocenters. The van der Waals surface area contributed by atoms with Crippen molar-refractivity contribution in [2.45, 2.75) is 50.5 Å². The van der Waals surface area contributed by atoms with Gasteiger partial charge in [-0.15, -0.1) is 0 Å². The maximum Gasteiger partial charge on any atom is 0.243 e. The van der Waals surface area contributed by atoms with Gasteiger partial charge in [0.2, 0.25) is 15.9 Å². The lowest BCUT2D eigenvalue weighted by molar-refractivity contribution is -0.122. The van der Waals surface area contributed by atoms with Crippen LogP contribution in [0, 0.1) is 12.8 Å². The van der Waals surface area contributed by atoms with Gasteiger partial charge in [0.1, 0.15) is 0 Å². The standard InChI is InChI=1S/C26H35N3O3S/c1-21-7-9-25(10-8-21)33(31,32)29-17-11-22(12-18-29)19-26(30)27-14-4-15-28-16-13-23-5-2-3-6-24(23)20-28/h2-3,5-10,22H,4,11-20H2,1H3,(H,27,30). The van der Waals surface area contributed by atoms with E-state index in [4.69, 9.17) is 0 Å². The Kier molecular flexibility index (Phi) is 7.83. The molecule has 1 saturated heterocycles. The van der Waals surface area contributed by atoms with Crippen LogP contribution in [-0.2, 0) is 27.8 Å². The number of hydrogen-bond donors (Lipinski definition) is 1. The van der Waals surface area contributed by atoms with Gasteiger partial charge in [-0.25, -0.2) is 8.42 Å². The normalized spacial score (nSPS) is 18.1. The highest BCUT2D eigenvalue weighted by molar-refractivity contribution is 7.89. The summed E-state index contributed by atoms with van der Waals surface area (Å²) in [6.07, 6.45) is 3.98. The monoisotopic (exact) mass is 469 g/mol. The van der Waals surface area contributed by atoms with Crippen LogP contribution in [0.5, 0.6) is 0 Å². The number of rotatable bonds is 8. The van der Waals surface area contributed by atoms with Gasteiger partial charge in [0, 0.05) is 45.7 Å². The molecular weight excluding hydrogens is 434 g/mol. The summed E-state index contributed by atoms with van der Waals surface area (Å²) in [5.41, 5.74) is 3.92. The highest BCUT2D eigenvalue weighted by Gasteiger charge is 2.30. The lowest BCUT2D eigenvalue weighted by Gasteiger charge is -2.31. The van der Waals surface area contributed by atoms with Crippen LogP contribution >= 0.6 is 0 Å². The fourth-order valence-corrected chi connectivity index (χ4v) is 6.29. The van der Waals surface area contributed by atoms with E-state index in [1.165, 1.54) is 11.1 Å². The Morgan fingerprint density at radius 3 is 2.42 bits per heavy atom. The second kappa shape index (κ2) is 10.8. The summed E-state index contributed by atoms with van der Waals surface area (Å²) in [5.74, 6) is 0.326. The number of sulfonamides is 1. The lowest BCUT2D eigenvalue weighted by Crippen LogP contribution is -2.39. The molecule has 0 bridgehead atoms. The van der Waals surface area contributed by atoms with Gasteiger partial charge in [0.15, 0.2) is 0 Å². The number of hydrogen-bond acceptors (Lipinski definition) is 4. The van der Waals surface area contributed by atoms with Crippen molar-refractivity contribution in [1.82, 2.24) is 14.5 Å². The predicted octanol–water partition coefficient (Wildman–Crippen LogP) is 3.35. The van der Waals surface area contributed by atoms with Gasteiger partial charge in [-0.2, -0.15) is 4.31 Å². The molecular formula is C26H35N3O3S. The van der Waals surface area contributed by atoms with Crippen LogP contribution in [0.25, 0.3) is 0 Å². The van der Waals surface area contributed by atoms with Crippen LogP contribution in [0.15, 0.2) is 53.4 Å². The van der Waals surface area contributed by atoms with Gasteiger partial charge in [-0.05, 0) is 61.8 Å². The van der Waals surface area contributed by atoms with Crippen molar-refractivity contribution in [2.24, 2.45) is 5.92 Å². The Morgan fingerprint density at radius 2 is 1.70 bits per heavy atom. The van der Waals surface area contributed by atoms with Crippen LogP contribution < -0.4 is 5.32 Å². The van der Waals surface area contributed by atoms with Crippen molar-refractivity contribution in [1.29, 1.82) is 0 Å². The van der Waals surface area contributed by atoms with Gasteiger partial charge in [0.25, 0.3) is 0 Å². The van der Waals surface area contributed by atoms with E-state index < -0.39 is 10.0 Å². The molecule has 2 aromatic rings. The number of nitrogens with one attached hydrogen (secondary N) is 1. The first-order valence-corrected chi connectivity index (χ1v) is 13.5. The number of carbonyl (C=O) groups is 1. The highest BCUT2D eigenvalue weighted by atomic mass is 32.2. The fraction of sp³-hybridized carbons (Fsp3) is 0.500. The maximum atomic E-state index is 12.8. The minimum atomic E-state index is -3.45. The number of carbonyl (C=O) groups excluding carboxylic acids is 1. The van der Waals surface area contributed by atoms with Crippen molar-refractivity contribution < 1.29 is 13.2 Å². The smallest absolute Gasteiger partial charge is 0.243 e. The van der Waals surface area contributed by atoms with Crippen molar-refractivity contribution in [2.75, 3.05) is 32.7 Å². The second-order valence-corrected chi connectivity index (χ2v) is 11.3. The average Bonchev–Trinajstić information content (AvgIpc) is 2.82. The molecule has 6 nitrogen and oxygen atoms in total. The van der Waals surface area contributed by atoms with Gasteiger partial charge in [-0.1, -0.05) is 42.0 Å². The van der Waals surface area contributed by atoms with Crippen LogP contribution in [0.1, 0.15) is 42.4 Å². The SMILES string of the molecule is Cc1ccc(S(=O)(=O)N2CCC(CC(=O)NCCCN3CCc4ccccc4C3)CC2)cc1. The van der Waals surface area contributed by atoms with Crippen molar-refractivity contribution in [3.8, 4) is 0 Å². The third-order valence-electron chi connectivity index (χ3n) is 6.89. The summed E-state index contributed by atoms with van der Waals surface area (Å²) < 4.78 is 27.2. The second-order valence-electron chi connectivity index (χ2n) is 9.36. The number of nitrogens with zero attached hydrogens (tertiary/aromatic N) is 2. The van der Waals surface area contributed by atoms with Crippen molar-refractivity contribution >= 4 is 15.9 Å². The highest BCUT2D eigenvalue weighted by Crippen LogP contribution is 2.26. The Balaban J connectivity index is 1.14. The number of fused-ring (bicyclic) bond motifs is 1. The number of aryl methyl sites for hydroxylation is 1. The molecule has 2 aromatic carbocycles. The summed E-state index contributed by atoms with van der Waals surface area (Å²) in [5, 5.41) is 3.06. The first kappa shape index (κ1) is 23.9. The first-order valence-electron chi connectivity index (χ1n) is 12.0. The molecule has 0 radical (unpaired) electrons. The molecule has 0 unspecified atom stereocenters. The van der Waals surface area contributed by atoms with E-state index in [0.717, 1.165) is 50.9 Å². The molecule has 0 saturated carbocycles. The zero-order chi connectivity index (χ0) is 23.3. The number of piperidine rings is 1. The van der Waals surface area contributed by atoms with E-state index >= 15 is 0 Å². The zero-order valence-corrected chi connectivity index (χ0v) is 20.3. The largest absolute Gasteiger partial charge is 0.356 e. The Hall–Kier alpha value is -2.22. The van der Waals surface area contributed by atoms with E-state index in [-0.39, 0.29) is 11.8 Å². The lowest BCUT2D eigenvalue weighted by atomic mass is 9.94. The van der Waals surface area contributed by atoms with E-state index in [1.807, 2.05) is 19.1 Å². The van der Waals surface area contributed by atoms with Crippen LogP contribution in [0.4, 0.5) is 0 Å². The van der Waals surface area contributed by atoms with Gasteiger partial charge in [-0.3, -0.25) is 9.69 Å². The van der Waals surface area contributed by atoms with E-state index in [1.54, 1.807) is 16.4 Å². The van der Waals surface area contributed by atoms with Gasteiger partial charge in [0.05, 0.1) is 4.90 Å². The van der Waals surface area contributed by atoms with Gasteiger partial charge < -0.3 is 5.32 Å². The molecule has 7 heteroatoms. The molecule has 2 aliphatic rings. The Bertz CT molecular complexity index is 1040. The molecule has 33 heavy (non-hydrogen) atoms. The van der Waals surface area contributed by atoms with E-state index in [0.29, 0.717) is 31.0 Å². The molecule has 178 valence electrons. The minimum absolute atomic E-state index is 0.0823. The molecule has 1 N–H and O–H groups in total. The van der Waals surface area contributed by atoms with Crippen molar-refractivity contribution in [3.63, 3.8) is 0 Å². The summed E-state index contributed by atoms with van der Waals surface area (Å²) in [6, 6.07) is 15.6. The average molecular weight is 470 g/mol. The molecule has 1 fully saturated rings. The molecule has 0 aliphatic carbocycles. The summed E-state index contributed by atoms with van der Waals surface area (Å²) in [7, 11) is -3.45. The molecule has 4 rings (SSSR count). The Morgan fingerprint density at radius 1 is 1.00 bits per heavy atom. The zero-order valence-electron chi connectivity index (χ0n) is 19.5. The maximum absolute atomic E-state index is 12.8. The Labute approximate surface area is 198 Å². The summed E-state index contributed by atoms with van der Waals surface area (Å²) in [4.78, 5) is 15.2. The van der Waals surface area contributed by atoms with E-state index in [2.05, 4.69) is 34.5 Å². The molecule has 1 amide bonds. The molecule has 0 spiro atoms. The quantitative estimate of drug-likeness (QED) is 0.602. The van der Waals surface area contributed by atoms with Crippen LogP contribution in [-0.4, -0.2) is 56.3 Å². The molecule has 2 heterocycles. The third-order valence-corrected chi connectivity index (χ3v) is 8.80. The fourth-order valence-electron chi connectivity index (χ4n) is 4.82. The van der Waals surface area contributed by atoms with Crippen LogP contribution in [0.3, 0.4) is 0 Å². The first-order chi connectivity index (χ1) is 15.9. The van der Waals surface area contributed by atoms with Crippen LogP contribution in [0.2, 0.25) is 0 Å². The van der Waals surface area contributed by atoms with Gasteiger partial charge >= 0.3 is 0 Å². The summed E-state index contributed by atoms with van der Waals surface area (Å²) >= 11 is 0. The number of amides is 1. The topological polar surface area (TPSA) is 69.7 Å².